The lowest BCUT2D eigenvalue weighted by Crippen LogP contribution is -2.39. The Labute approximate surface area is 160 Å². The van der Waals surface area contributed by atoms with E-state index in [1.807, 2.05) is 0 Å². The van der Waals surface area contributed by atoms with Crippen LogP contribution in [0.3, 0.4) is 0 Å². The molecule has 6 nitrogen and oxygen atoms in total. The van der Waals surface area contributed by atoms with Crippen molar-refractivity contribution in [3.8, 4) is 11.8 Å². The van der Waals surface area contributed by atoms with Crippen LogP contribution in [0.4, 0.5) is 0 Å². The Balaban J connectivity index is 1.92. The smallest absolute Gasteiger partial charge is 0.257 e. The van der Waals surface area contributed by atoms with E-state index in [1.54, 1.807) is 19.2 Å². The molecule has 0 unspecified atom stereocenters. The van der Waals surface area contributed by atoms with Crippen molar-refractivity contribution < 1.29 is 21.0 Å². The van der Waals surface area contributed by atoms with Gasteiger partial charge in [-0.05, 0) is 49.9 Å². The van der Waals surface area contributed by atoms with Crippen molar-refractivity contribution >= 4 is 31.7 Å². The molecule has 0 N–H and O–H groups in total. The summed E-state index contributed by atoms with van der Waals surface area (Å²) in [6.45, 7) is -0.149. The predicted molar refractivity (Wildman–Crippen MR) is 101 cm³/mol. The second kappa shape index (κ2) is 8.72. The Morgan fingerprint density at radius 1 is 1.12 bits per heavy atom. The van der Waals surface area contributed by atoms with E-state index in [-0.39, 0.29) is 23.5 Å². The van der Waals surface area contributed by atoms with Crippen LogP contribution in [0.2, 0.25) is 5.02 Å². The van der Waals surface area contributed by atoms with Gasteiger partial charge in [-0.3, -0.25) is 4.18 Å². The van der Waals surface area contributed by atoms with Crippen LogP contribution in [0.5, 0.6) is 0 Å². The summed E-state index contributed by atoms with van der Waals surface area (Å²) < 4.78 is 53.2. The Morgan fingerprint density at radius 2 is 1.69 bits per heavy atom. The van der Waals surface area contributed by atoms with Crippen LogP contribution < -0.4 is 0 Å². The van der Waals surface area contributed by atoms with Crippen molar-refractivity contribution in [2.45, 2.75) is 36.6 Å². The van der Waals surface area contributed by atoms with Crippen LogP contribution >= 0.6 is 11.6 Å². The van der Waals surface area contributed by atoms with E-state index in [0.29, 0.717) is 17.9 Å². The zero-order valence-corrected chi connectivity index (χ0v) is 17.1. The first kappa shape index (κ1) is 21.2. The predicted octanol–water partition coefficient (Wildman–Crippen LogP) is 2.50. The Bertz CT molecular complexity index is 877. The first-order valence-corrected chi connectivity index (χ1v) is 11.8. The van der Waals surface area contributed by atoms with Crippen molar-refractivity contribution in [1.82, 2.24) is 4.31 Å². The molecule has 0 aromatic heterocycles. The Kier molecular flexibility index (Phi) is 7.11. The van der Waals surface area contributed by atoms with Crippen molar-refractivity contribution in [1.29, 1.82) is 0 Å². The molecule has 1 aliphatic rings. The third-order valence-electron chi connectivity index (χ3n) is 4.35. The molecule has 0 atom stereocenters. The second-order valence-corrected chi connectivity index (χ2v) is 10.3. The minimum absolute atomic E-state index is 0.0824. The maximum Gasteiger partial charge on any atom is 0.265 e. The number of sulfonamides is 1. The van der Waals surface area contributed by atoms with Crippen LogP contribution in [0, 0.1) is 17.8 Å². The molecule has 0 saturated heterocycles. The highest BCUT2D eigenvalue weighted by Crippen LogP contribution is 2.30. The molecule has 1 aromatic carbocycles. The Hall–Kier alpha value is -1.11. The van der Waals surface area contributed by atoms with E-state index in [0.717, 1.165) is 19.1 Å². The van der Waals surface area contributed by atoms with Gasteiger partial charge in [0.25, 0.3) is 10.1 Å². The fourth-order valence-electron chi connectivity index (χ4n) is 2.88. The number of halogens is 1. The van der Waals surface area contributed by atoms with E-state index >= 15 is 0 Å². The molecule has 0 spiro atoms. The van der Waals surface area contributed by atoms with Gasteiger partial charge in [0.2, 0.25) is 10.0 Å². The Morgan fingerprint density at radius 3 is 2.23 bits per heavy atom. The number of hydrogen-bond acceptors (Lipinski definition) is 5. The molecule has 1 aliphatic carbocycles. The summed E-state index contributed by atoms with van der Waals surface area (Å²) >= 11 is 5.82. The van der Waals surface area contributed by atoms with E-state index in [9.17, 15) is 16.8 Å². The first-order chi connectivity index (χ1) is 12.1. The summed E-state index contributed by atoms with van der Waals surface area (Å²) in [5.41, 5.74) is 0. The molecule has 1 fully saturated rings. The maximum atomic E-state index is 12.7. The fraction of sp³-hybridized carbons (Fsp3) is 0.529. The van der Waals surface area contributed by atoms with E-state index in [2.05, 4.69) is 16.0 Å². The minimum Gasteiger partial charge on any atom is -0.257 e. The number of nitrogens with zero attached hydrogens (tertiary/aromatic N) is 1. The molecule has 0 heterocycles. The molecule has 2 rings (SSSR count). The summed E-state index contributed by atoms with van der Waals surface area (Å²) in [4.78, 5) is 0.226. The number of rotatable bonds is 5. The quantitative estimate of drug-likeness (QED) is 0.541. The normalized spacial score (nSPS) is 21.2. The lowest BCUT2D eigenvalue weighted by molar-refractivity contribution is 0.262. The molecule has 0 amide bonds. The third kappa shape index (κ3) is 5.96. The molecular weight excluding hydrogens is 398 g/mol. The van der Waals surface area contributed by atoms with Crippen LogP contribution in [-0.4, -0.2) is 47.1 Å². The topological polar surface area (TPSA) is 80.8 Å². The monoisotopic (exact) mass is 419 g/mol. The molecule has 26 heavy (non-hydrogen) atoms. The number of benzene rings is 1. The van der Waals surface area contributed by atoms with Gasteiger partial charge in [-0.15, -0.1) is 0 Å². The van der Waals surface area contributed by atoms with Crippen LogP contribution in [0.15, 0.2) is 29.2 Å². The summed E-state index contributed by atoms with van der Waals surface area (Å²) in [7, 11) is -5.44. The maximum absolute atomic E-state index is 12.7. The average molecular weight is 420 g/mol. The van der Waals surface area contributed by atoms with Crippen LogP contribution in [-0.2, 0) is 24.3 Å². The van der Waals surface area contributed by atoms with Gasteiger partial charge in [-0.2, -0.15) is 12.7 Å². The first-order valence-electron chi connectivity index (χ1n) is 8.16. The molecule has 0 aliphatic heterocycles. The van der Waals surface area contributed by atoms with Crippen molar-refractivity contribution in [3.05, 3.63) is 29.3 Å². The average Bonchev–Trinajstić information content (AvgIpc) is 2.58. The largest absolute Gasteiger partial charge is 0.265 e. The van der Waals surface area contributed by atoms with Gasteiger partial charge >= 0.3 is 0 Å². The highest BCUT2D eigenvalue weighted by atomic mass is 35.5. The lowest BCUT2D eigenvalue weighted by atomic mass is 9.86. The lowest BCUT2D eigenvalue weighted by Gasteiger charge is -2.32. The molecule has 0 radical (unpaired) electrons. The third-order valence-corrected chi connectivity index (χ3v) is 7.08. The molecule has 1 aromatic rings. The molecule has 0 bridgehead atoms. The molecular formula is C17H22ClNO5S2. The van der Waals surface area contributed by atoms with Crippen LogP contribution in [0.1, 0.15) is 25.7 Å². The van der Waals surface area contributed by atoms with Gasteiger partial charge in [0.05, 0.1) is 11.2 Å². The summed E-state index contributed by atoms with van der Waals surface area (Å²) in [5.74, 6) is 5.86. The van der Waals surface area contributed by atoms with E-state index < -0.39 is 20.1 Å². The van der Waals surface area contributed by atoms with Crippen molar-refractivity contribution in [3.63, 3.8) is 0 Å². The van der Waals surface area contributed by atoms with Gasteiger partial charge in [0.1, 0.15) is 6.61 Å². The summed E-state index contributed by atoms with van der Waals surface area (Å²) in [6.07, 6.45) is 3.91. The SMILES string of the molecule is CN(C1CCC(C#CCOS(C)(=O)=O)CC1)S(=O)(=O)c1ccc(Cl)cc1. The van der Waals surface area contributed by atoms with E-state index in [1.165, 1.54) is 16.4 Å². The van der Waals surface area contributed by atoms with Crippen molar-refractivity contribution in [2.24, 2.45) is 5.92 Å². The second-order valence-electron chi connectivity index (χ2n) is 6.27. The van der Waals surface area contributed by atoms with Crippen molar-refractivity contribution in [2.75, 3.05) is 19.9 Å². The molecule has 144 valence electrons. The zero-order valence-electron chi connectivity index (χ0n) is 14.7. The van der Waals surface area contributed by atoms with Crippen LogP contribution in [0.25, 0.3) is 0 Å². The van der Waals surface area contributed by atoms with E-state index in [4.69, 9.17) is 11.6 Å². The number of hydrogen-bond donors (Lipinski definition) is 0. The standard InChI is InChI=1S/C17H22ClNO5S2/c1-19(26(22,23)17-11-7-15(18)8-12-17)16-9-5-14(6-10-16)4-3-13-24-25(2,20)21/h7-8,11-12,14,16H,5-6,9-10,13H2,1-2H3. The van der Waals surface area contributed by atoms with Gasteiger partial charge in [0.15, 0.2) is 0 Å². The highest BCUT2D eigenvalue weighted by molar-refractivity contribution is 7.89. The van der Waals surface area contributed by atoms with Gasteiger partial charge in [-0.1, -0.05) is 23.4 Å². The summed E-state index contributed by atoms with van der Waals surface area (Å²) in [6, 6.07) is 6.06. The molecule has 1 saturated carbocycles. The van der Waals surface area contributed by atoms with Gasteiger partial charge in [-0.25, -0.2) is 8.42 Å². The van der Waals surface area contributed by atoms with Gasteiger partial charge < -0.3 is 0 Å². The highest BCUT2D eigenvalue weighted by Gasteiger charge is 2.31. The fourth-order valence-corrected chi connectivity index (χ4v) is 4.69. The minimum atomic E-state index is -3.56. The zero-order chi connectivity index (χ0) is 19.4. The summed E-state index contributed by atoms with van der Waals surface area (Å²) in [5, 5.41) is 0.491. The van der Waals surface area contributed by atoms with Gasteiger partial charge in [0, 0.05) is 24.0 Å². The molecule has 9 heteroatoms.